The molecule has 0 spiro atoms. The van der Waals surface area contributed by atoms with Crippen LogP contribution in [0.15, 0.2) is 36.5 Å². The van der Waals surface area contributed by atoms with Crippen molar-refractivity contribution in [1.29, 1.82) is 0 Å². The van der Waals surface area contributed by atoms with Gasteiger partial charge < -0.3 is 0 Å². The Morgan fingerprint density at radius 2 is 2.00 bits per heavy atom. The van der Waals surface area contributed by atoms with E-state index in [9.17, 15) is 5.11 Å². The van der Waals surface area contributed by atoms with Gasteiger partial charge >= 0.3 is 0 Å². The van der Waals surface area contributed by atoms with E-state index in [1.165, 1.54) is 0 Å². The highest BCUT2D eigenvalue weighted by atomic mass is 16.3. The lowest BCUT2D eigenvalue weighted by Crippen LogP contribution is -1.91. The number of pyridine rings is 1. The molecule has 0 amide bonds. The molecule has 1 aromatic carbocycles. The van der Waals surface area contributed by atoms with Crippen LogP contribution in [0.5, 0.6) is 0 Å². The van der Waals surface area contributed by atoms with Gasteiger partial charge in [-0.3, -0.25) is 4.98 Å². The molecule has 0 saturated heterocycles. The normalized spacial score (nSPS) is 13.1. The van der Waals surface area contributed by atoms with E-state index in [1.807, 2.05) is 24.3 Å². The Bertz CT molecular complexity index is 418. The smallest absolute Gasteiger partial charge is 0.116 e. The molecule has 1 atom stereocenters. The first-order chi connectivity index (χ1) is 6.29. The molecule has 1 heterocycles. The number of fused-ring (bicyclic) bond motifs is 1. The van der Waals surface area contributed by atoms with Crippen molar-refractivity contribution in [3.8, 4) is 0 Å². The maximum Gasteiger partial charge on any atom is 0.116 e. The zero-order valence-electron chi connectivity index (χ0n) is 7.40. The van der Waals surface area contributed by atoms with Crippen LogP contribution in [0.4, 0.5) is 0 Å². The van der Waals surface area contributed by atoms with Crippen LogP contribution in [-0.2, 0) is 5.11 Å². The molecule has 1 radical (unpaired) electrons. The Balaban J connectivity index is 2.76. The van der Waals surface area contributed by atoms with Crippen LogP contribution in [0, 0.1) is 0 Å². The van der Waals surface area contributed by atoms with Gasteiger partial charge in [0.05, 0.1) is 5.52 Å². The van der Waals surface area contributed by atoms with E-state index in [0.29, 0.717) is 0 Å². The molecular formula is C11H10NO. The maximum atomic E-state index is 11.3. The average Bonchev–Trinajstić information content (AvgIpc) is 2.17. The molecule has 0 aliphatic carbocycles. The Morgan fingerprint density at radius 1 is 1.23 bits per heavy atom. The van der Waals surface area contributed by atoms with Gasteiger partial charge in [-0.05, 0) is 24.6 Å². The Hall–Kier alpha value is -1.41. The molecule has 1 unspecified atom stereocenters. The summed E-state index contributed by atoms with van der Waals surface area (Å²) in [7, 11) is 0. The van der Waals surface area contributed by atoms with Gasteiger partial charge in [-0.15, -0.1) is 0 Å². The number of rotatable bonds is 1. The average molecular weight is 172 g/mol. The summed E-state index contributed by atoms with van der Waals surface area (Å²) in [6.07, 6.45) is 0.999. The van der Waals surface area contributed by atoms with Crippen molar-refractivity contribution in [3.05, 3.63) is 42.1 Å². The molecule has 0 fully saturated rings. The van der Waals surface area contributed by atoms with Crippen LogP contribution in [0.1, 0.15) is 18.6 Å². The molecule has 2 heteroatoms. The Labute approximate surface area is 76.9 Å². The fraction of sp³-hybridized carbons (Fsp3) is 0.182. The van der Waals surface area contributed by atoms with E-state index in [-0.39, 0.29) is 0 Å². The summed E-state index contributed by atoms with van der Waals surface area (Å²) < 4.78 is 0. The van der Waals surface area contributed by atoms with Crippen molar-refractivity contribution >= 4 is 10.9 Å². The first-order valence-corrected chi connectivity index (χ1v) is 4.28. The minimum absolute atomic E-state index is 0.687. The predicted octanol–water partition coefficient (Wildman–Crippen LogP) is 2.73. The molecule has 0 aliphatic heterocycles. The van der Waals surface area contributed by atoms with Crippen LogP contribution >= 0.6 is 0 Å². The summed E-state index contributed by atoms with van der Waals surface area (Å²) in [5.74, 6) is 0. The van der Waals surface area contributed by atoms with Gasteiger partial charge in [0, 0.05) is 11.6 Å². The fourth-order valence-corrected chi connectivity index (χ4v) is 1.47. The van der Waals surface area contributed by atoms with E-state index >= 15 is 0 Å². The fourth-order valence-electron chi connectivity index (χ4n) is 1.47. The lowest BCUT2D eigenvalue weighted by molar-refractivity contribution is 0.107. The summed E-state index contributed by atoms with van der Waals surface area (Å²) in [5, 5.41) is 12.3. The summed E-state index contributed by atoms with van der Waals surface area (Å²) in [4.78, 5) is 4.19. The maximum absolute atomic E-state index is 11.3. The number of aromatic nitrogens is 1. The van der Waals surface area contributed by atoms with Crippen LogP contribution in [0.25, 0.3) is 10.9 Å². The predicted molar refractivity (Wildman–Crippen MR) is 50.8 cm³/mol. The van der Waals surface area contributed by atoms with Gasteiger partial charge in [-0.2, -0.15) is 0 Å². The number of hydrogen-bond acceptors (Lipinski definition) is 1. The topological polar surface area (TPSA) is 32.8 Å². The molecule has 2 nitrogen and oxygen atoms in total. The van der Waals surface area contributed by atoms with Gasteiger partial charge in [0.25, 0.3) is 0 Å². The molecular weight excluding hydrogens is 162 g/mol. The molecule has 2 rings (SSSR count). The first-order valence-electron chi connectivity index (χ1n) is 4.28. The summed E-state index contributed by atoms with van der Waals surface area (Å²) >= 11 is 0. The quantitative estimate of drug-likeness (QED) is 0.651. The number of hydrogen-bond donors (Lipinski definition) is 0. The van der Waals surface area contributed by atoms with E-state index in [2.05, 4.69) is 4.98 Å². The largest absolute Gasteiger partial charge is 0.256 e. The Morgan fingerprint density at radius 3 is 2.77 bits per heavy atom. The third-order valence-electron chi connectivity index (χ3n) is 2.12. The van der Waals surface area contributed by atoms with Gasteiger partial charge in [0.1, 0.15) is 6.10 Å². The second-order valence-corrected chi connectivity index (χ2v) is 3.06. The van der Waals surface area contributed by atoms with Crippen molar-refractivity contribution in [3.63, 3.8) is 0 Å². The lowest BCUT2D eigenvalue weighted by Gasteiger charge is -2.05. The first kappa shape index (κ1) is 8.20. The van der Waals surface area contributed by atoms with Crippen molar-refractivity contribution < 1.29 is 5.11 Å². The van der Waals surface area contributed by atoms with E-state index in [1.54, 1.807) is 19.2 Å². The second kappa shape index (κ2) is 3.15. The van der Waals surface area contributed by atoms with Crippen molar-refractivity contribution in [1.82, 2.24) is 4.98 Å². The minimum Gasteiger partial charge on any atom is -0.256 e. The zero-order valence-corrected chi connectivity index (χ0v) is 7.40. The number of para-hydroxylation sites is 1. The second-order valence-electron chi connectivity index (χ2n) is 3.06. The van der Waals surface area contributed by atoms with Crippen molar-refractivity contribution in [2.75, 3.05) is 0 Å². The highest BCUT2D eigenvalue weighted by Gasteiger charge is 2.06. The van der Waals surface area contributed by atoms with E-state index in [4.69, 9.17) is 0 Å². The third-order valence-corrected chi connectivity index (χ3v) is 2.12. The monoisotopic (exact) mass is 172 g/mol. The van der Waals surface area contributed by atoms with Crippen LogP contribution in [0.3, 0.4) is 0 Å². The summed E-state index contributed by atoms with van der Waals surface area (Å²) in [6, 6.07) is 9.50. The van der Waals surface area contributed by atoms with Crippen LogP contribution < -0.4 is 0 Å². The highest BCUT2D eigenvalue weighted by molar-refractivity contribution is 5.82. The molecule has 13 heavy (non-hydrogen) atoms. The number of benzene rings is 1. The minimum atomic E-state index is -0.687. The zero-order chi connectivity index (χ0) is 9.26. The van der Waals surface area contributed by atoms with Crippen molar-refractivity contribution in [2.24, 2.45) is 0 Å². The van der Waals surface area contributed by atoms with E-state index < -0.39 is 6.10 Å². The van der Waals surface area contributed by atoms with Crippen LogP contribution in [-0.4, -0.2) is 4.98 Å². The standard InChI is InChI=1S/C11H10NO/c1-8(13)9-6-7-12-11-5-3-2-4-10(9)11/h2-8H,1H3. The van der Waals surface area contributed by atoms with Crippen LogP contribution in [0.2, 0.25) is 0 Å². The SMILES string of the molecule is CC([O])c1ccnc2ccccc12. The number of nitrogens with zero attached hydrogens (tertiary/aromatic N) is 1. The van der Waals surface area contributed by atoms with Gasteiger partial charge in [-0.1, -0.05) is 18.2 Å². The van der Waals surface area contributed by atoms with Gasteiger partial charge in [0.15, 0.2) is 0 Å². The molecule has 1 aromatic heterocycles. The third kappa shape index (κ3) is 1.40. The van der Waals surface area contributed by atoms with E-state index in [0.717, 1.165) is 16.5 Å². The molecule has 2 aromatic rings. The molecule has 0 N–H and O–H groups in total. The van der Waals surface area contributed by atoms with Gasteiger partial charge in [0.2, 0.25) is 0 Å². The molecule has 0 aliphatic rings. The van der Waals surface area contributed by atoms with Gasteiger partial charge in [-0.25, -0.2) is 5.11 Å². The lowest BCUT2D eigenvalue weighted by atomic mass is 10.1. The molecule has 0 saturated carbocycles. The van der Waals surface area contributed by atoms with Crippen molar-refractivity contribution in [2.45, 2.75) is 13.0 Å². The highest BCUT2D eigenvalue weighted by Crippen LogP contribution is 2.22. The molecule has 65 valence electrons. The summed E-state index contributed by atoms with van der Waals surface area (Å²) in [5.41, 5.74) is 1.72. The Kier molecular flexibility index (Phi) is 1.99. The molecule has 0 bridgehead atoms. The summed E-state index contributed by atoms with van der Waals surface area (Å²) in [6.45, 7) is 1.65.